The molecule has 0 spiro atoms. The zero-order valence-corrected chi connectivity index (χ0v) is 11.7. The van der Waals surface area contributed by atoms with Crippen molar-refractivity contribution < 1.29 is 9.66 Å². The number of aromatic nitrogens is 2. The molecule has 1 aromatic heterocycles. The van der Waals surface area contributed by atoms with E-state index in [4.69, 9.17) is 16.3 Å². The zero-order valence-electron chi connectivity index (χ0n) is 11.0. The van der Waals surface area contributed by atoms with Crippen LogP contribution in [-0.2, 0) is 6.61 Å². The molecule has 0 radical (unpaired) electrons. The second kappa shape index (κ2) is 5.83. The second-order valence-electron chi connectivity index (χ2n) is 4.22. The number of hydrogen-bond donors (Lipinski definition) is 0. The van der Waals surface area contributed by atoms with Gasteiger partial charge >= 0.3 is 5.69 Å². The lowest BCUT2D eigenvalue weighted by molar-refractivity contribution is -0.386. The van der Waals surface area contributed by atoms with Crippen LogP contribution in [0.15, 0.2) is 24.3 Å². The van der Waals surface area contributed by atoms with Crippen LogP contribution in [-0.4, -0.2) is 14.9 Å². The van der Waals surface area contributed by atoms with Gasteiger partial charge in [0, 0.05) is 11.3 Å². The van der Waals surface area contributed by atoms with Crippen molar-refractivity contribution in [1.82, 2.24) is 9.97 Å². The van der Waals surface area contributed by atoms with Crippen molar-refractivity contribution in [3.63, 3.8) is 0 Å². The van der Waals surface area contributed by atoms with Gasteiger partial charge in [-0.05, 0) is 26.0 Å². The highest BCUT2D eigenvalue weighted by Gasteiger charge is 2.18. The lowest BCUT2D eigenvalue weighted by atomic mass is 10.2. The zero-order chi connectivity index (χ0) is 14.7. The summed E-state index contributed by atoms with van der Waals surface area (Å²) in [4.78, 5) is 18.7. The molecule has 2 aromatic rings. The van der Waals surface area contributed by atoms with E-state index in [-0.39, 0.29) is 18.0 Å². The Bertz CT molecular complexity index is 641. The first kappa shape index (κ1) is 14.2. The molecule has 0 unspecified atom stereocenters. The summed E-state index contributed by atoms with van der Waals surface area (Å²) in [7, 11) is 0. The van der Waals surface area contributed by atoms with Crippen LogP contribution in [0.1, 0.15) is 17.1 Å². The number of nitro benzene ring substituents is 1. The van der Waals surface area contributed by atoms with E-state index in [9.17, 15) is 10.1 Å². The van der Waals surface area contributed by atoms with Gasteiger partial charge < -0.3 is 4.74 Å². The summed E-state index contributed by atoms with van der Waals surface area (Å²) >= 11 is 5.82. The topological polar surface area (TPSA) is 78.2 Å². The number of para-hydroxylation sites is 1. The highest BCUT2D eigenvalue weighted by atomic mass is 35.5. The third kappa shape index (κ3) is 3.21. The van der Waals surface area contributed by atoms with Crippen LogP contribution in [0.5, 0.6) is 5.75 Å². The van der Waals surface area contributed by atoms with E-state index in [1.165, 1.54) is 0 Å². The molecule has 1 aromatic carbocycles. The predicted molar refractivity (Wildman–Crippen MR) is 73.9 cm³/mol. The highest BCUT2D eigenvalue weighted by molar-refractivity contribution is 6.29. The molecule has 1 heterocycles. The van der Waals surface area contributed by atoms with E-state index in [1.807, 2.05) is 0 Å². The lowest BCUT2D eigenvalue weighted by Gasteiger charge is -2.08. The number of aryl methyl sites for hydroxylation is 2. The lowest BCUT2D eigenvalue weighted by Crippen LogP contribution is -2.05. The number of ether oxygens (including phenoxy) is 1. The maximum Gasteiger partial charge on any atom is 0.313 e. The first-order valence-electron chi connectivity index (χ1n) is 5.84. The molecule has 0 fully saturated rings. The van der Waals surface area contributed by atoms with E-state index in [0.717, 1.165) is 0 Å². The molecule has 0 saturated heterocycles. The van der Waals surface area contributed by atoms with Gasteiger partial charge in [0.2, 0.25) is 0 Å². The molecule has 6 nitrogen and oxygen atoms in total. The fraction of sp³-hybridized carbons (Fsp3) is 0.231. The average Bonchev–Trinajstić information content (AvgIpc) is 2.34. The van der Waals surface area contributed by atoms with Crippen molar-refractivity contribution in [3.05, 3.63) is 56.6 Å². The molecule has 20 heavy (non-hydrogen) atoms. The van der Waals surface area contributed by atoms with E-state index < -0.39 is 4.92 Å². The van der Waals surface area contributed by atoms with Crippen LogP contribution in [0.3, 0.4) is 0 Å². The van der Waals surface area contributed by atoms with Gasteiger partial charge in [0.1, 0.15) is 11.8 Å². The van der Waals surface area contributed by atoms with Gasteiger partial charge in [-0.15, -0.1) is 0 Å². The Balaban J connectivity index is 2.23. The number of nitrogens with zero attached hydrogens (tertiary/aromatic N) is 3. The maximum absolute atomic E-state index is 11.0. The predicted octanol–water partition coefficient (Wildman–Crippen LogP) is 3.23. The Morgan fingerprint density at radius 2 is 2.10 bits per heavy atom. The third-order valence-corrected chi connectivity index (χ3v) is 2.80. The van der Waals surface area contributed by atoms with Crippen molar-refractivity contribution in [2.75, 3.05) is 0 Å². The molecule has 0 aliphatic rings. The van der Waals surface area contributed by atoms with Crippen LogP contribution in [0.25, 0.3) is 0 Å². The van der Waals surface area contributed by atoms with Crippen LogP contribution >= 0.6 is 11.6 Å². The average molecular weight is 294 g/mol. The molecule has 2 rings (SSSR count). The van der Waals surface area contributed by atoms with Gasteiger partial charge in [-0.1, -0.05) is 23.7 Å². The summed E-state index contributed by atoms with van der Waals surface area (Å²) < 4.78 is 5.45. The second-order valence-corrected chi connectivity index (χ2v) is 4.60. The third-order valence-electron chi connectivity index (χ3n) is 2.61. The smallest absolute Gasteiger partial charge is 0.313 e. The highest BCUT2D eigenvalue weighted by Crippen LogP contribution is 2.30. The molecule has 0 amide bonds. The Kier molecular flexibility index (Phi) is 4.14. The number of hydrogen-bond acceptors (Lipinski definition) is 5. The van der Waals surface area contributed by atoms with Gasteiger partial charge in [0.15, 0.2) is 11.6 Å². The summed E-state index contributed by atoms with van der Waals surface area (Å²) in [5, 5.41) is 11.4. The van der Waals surface area contributed by atoms with Gasteiger partial charge in [0.05, 0.1) is 4.92 Å². The summed E-state index contributed by atoms with van der Waals surface area (Å²) in [5.74, 6) is 0.571. The first-order valence-corrected chi connectivity index (χ1v) is 6.22. The Hall–Kier alpha value is -2.21. The summed E-state index contributed by atoms with van der Waals surface area (Å²) in [6, 6.07) is 6.52. The van der Waals surface area contributed by atoms with Gasteiger partial charge in [-0.3, -0.25) is 10.1 Å². The standard InChI is InChI=1S/C13H12ClN3O3/c1-8-4-3-5-10(13(8)17(18)19)20-7-12-15-9(2)6-11(14)16-12/h3-6H,7H2,1-2H3. The van der Waals surface area contributed by atoms with Crippen molar-refractivity contribution in [2.45, 2.75) is 20.5 Å². The van der Waals surface area contributed by atoms with Crippen molar-refractivity contribution in [1.29, 1.82) is 0 Å². The summed E-state index contributed by atoms with van der Waals surface area (Å²) in [5.41, 5.74) is 1.20. The Morgan fingerprint density at radius 1 is 1.35 bits per heavy atom. The minimum Gasteiger partial charge on any atom is -0.479 e. The summed E-state index contributed by atoms with van der Waals surface area (Å²) in [6.45, 7) is 3.46. The van der Waals surface area contributed by atoms with Gasteiger partial charge in [-0.2, -0.15) is 0 Å². The van der Waals surface area contributed by atoms with Crippen molar-refractivity contribution in [2.24, 2.45) is 0 Å². The molecule has 7 heteroatoms. The molecule has 0 atom stereocenters. The number of halogens is 1. The minimum absolute atomic E-state index is 0.0195. The maximum atomic E-state index is 11.0. The number of benzene rings is 1. The SMILES string of the molecule is Cc1cc(Cl)nc(COc2cccc(C)c2[N+](=O)[O-])n1. The van der Waals surface area contributed by atoms with E-state index in [1.54, 1.807) is 38.1 Å². The number of rotatable bonds is 4. The minimum atomic E-state index is -0.464. The number of nitro groups is 1. The fourth-order valence-corrected chi connectivity index (χ4v) is 2.03. The van der Waals surface area contributed by atoms with Crippen molar-refractivity contribution >= 4 is 17.3 Å². The molecular weight excluding hydrogens is 282 g/mol. The van der Waals surface area contributed by atoms with E-state index in [0.29, 0.717) is 22.2 Å². The quantitative estimate of drug-likeness (QED) is 0.491. The van der Waals surface area contributed by atoms with Crippen molar-refractivity contribution in [3.8, 4) is 5.75 Å². The molecule has 0 N–H and O–H groups in total. The Labute approximate surface area is 120 Å². The van der Waals surface area contributed by atoms with Crippen LogP contribution in [0, 0.1) is 24.0 Å². The van der Waals surface area contributed by atoms with Crippen LogP contribution in [0.2, 0.25) is 5.15 Å². The molecule has 0 aliphatic carbocycles. The molecule has 0 aliphatic heterocycles. The largest absolute Gasteiger partial charge is 0.479 e. The monoisotopic (exact) mass is 293 g/mol. The molecule has 104 valence electrons. The van der Waals surface area contributed by atoms with E-state index >= 15 is 0 Å². The summed E-state index contributed by atoms with van der Waals surface area (Å²) in [6.07, 6.45) is 0. The normalized spacial score (nSPS) is 10.3. The molecular formula is C13H12ClN3O3. The Morgan fingerprint density at radius 3 is 2.75 bits per heavy atom. The molecule has 0 saturated carbocycles. The van der Waals surface area contributed by atoms with Crippen LogP contribution < -0.4 is 4.74 Å². The first-order chi connectivity index (χ1) is 9.47. The van der Waals surface area contributed by atoms with Gasteiger partial charge in [0.25, 0.3) is 0 Å². The van der Waals surface area contributed by atoms with Gasteiger partial charge in [-0.25, -0.2) is 9.97 Å². The van der Waals surface area contributed by atoms with E-state index in [2.05, 4.69) is 9.97 Å². The van der Waals surface area contributed by atoms with Crippen LogP contribution in [0.4, 0.5) is 5.69 Å². The molecule has 0 bridgehead atoms. The fourth-order valence-electron chi connectivity index (χ4n) is 1.78.